The monoisotopic (exact) mass is 517 g/mol. The van der Waals surface area contributed by atoms with Crippen LogP contribution in [0.15, 0.2) is 101 Å². The van der Waals surface area contributed by atoms with Crippen molar-refractivity contribution < 1.29 is 18.0 Å². The first kappa shape index (κ1) is 24.6. The summed E-state index contributed by atoms with van der Waals surface area (Å²) in [6.45, 7) is 3.77. The summed E-state index contributed by atoms with van der Waals surface area (Å²) in [6, 6.07) is 25.8. The molecule has 186 valence electrons. The van der Waals surface area contributed by atoms with Gasteiger partial charge in [-0.3, -0.25) is 9.69 Å². The molecule has 1 saturated heterocycles. The fraction of sp³-hybridized carbons (Fsp3) is 0.103. The van der Waals surface area contributed by atoms with Crippen molar-refractivity contribution in [2.45, 2.75) is 20.0 Å². The second-order valence-corrected chi connectivity index (χ2v) is 9.53. The highest BCUT2D eigenvalue weighted by Gasteiger charge is 2.35. The van der Waals surface area contributed by atoms with Crippen molar-refractivity contribution in [3.8, 4) is 5.69 Å². The number of aromatic nitrogens is 1. The van der Waals surface area contributed by atoms with Crippen molar-refractivity contribution >= 4 is 40.3 Å². The van der Waals surface area contributed by atoms with Crippen molar-refractivity contribution in [3.05, 3.63) is 118 Å². The molecular formula is C29H22F3N3OS. The average molecular weight is 518 g/mol. The first-order valence-electron chi connectivity index (χ1n) is 11.5. The van der Waals surface area contributed by atoms with Crippen molar-refractivity contribution in [2.75, 3.05) is 4.90 Å². The summed E-state index contributed by atoms with van der Waals surface area (Å²) in [5, 5.41) is 0.546. The van der Waals surface area contributed by atoms with Gasteiger partial charge >= 0.3 is 6.18 Å². The fourth-order valence-electron chi connectivity index (χ4n) is 4.24. The Kier molecular flexibility index (Phi) is 6.52. The van der Waals surface area contributed by atoms with E-state index in [1.165, 1.54) is 23.9 Å². The molecule has 4 nitrogen and oxygen atoms in total. The van der Waals surface area contributed by atoms with Crippen LogP contribution in [0, 0.1) is 13.8 Å². The largest absolute Gasteiger partial charge is 0.416 e. The first-order valence-corrected chi connectivity index (χ1v) is 12.3. The molecule has 0 saturated carbocycles. The number of halogens is 3. The van der Waals surface area contributed by atoms with E-state index in [1.54, 1.807) is 4.90 Å². The average Bonchev–Trinajstić information content (AvgIpc) is 3.34. The number of carbonyl (C=O) groups excluding carboxylic acids is 1. The number of thioether (sulfide) groups is 1. The maximum Gasteiger partial charge on any atom is 0.416 e. The summed E-state index contributed by atoms with van der Waals surface area (Å²) in [6.07, 6.45) is -2.57. The number of para-hydroxylation sites is 2. The second kappa shape index (κ2) is 9.78. The number of alkyl halides is 3. The Labute approximate surface area is 216 Å². The summed E-state index contributed by atoms with van der Waals surface area (Å²) in [4.78, 5) is 20.4. The molecule has 0 N–H and O–H groups in total. The number of hydrogen-bond donors (Lipinski definition) is 0. The van der Waals surface area contributed by atoms with E-state index in [1.807, 2.05) is 91.2 Å². The Balaban J connectivity index is 1.53. The third kappa shape index (κ3) is 4.97. The molecule has 1 aliphatic rings. The normalized spacial score (nSPS) is 16.2. The minimum absolute atomic E-state index is 0.190. The summed E-state index contributed by atoms with van der Waals surface area (Å²) < 4.78 is 40.9. The Hall–Kier alpha value is -4.04. The number of benzene rings is 3. The van der Waals surface area contributed by atoms with E-state index in [0.717, 1.165) is 34.8 Å². The number of anilines is 1. The van der Waals surface area contributed by atoms with Crippen LogP contribution < -0.4 is 4.90 Å². The Morgan fingerprint density at radius 2 is 1.46 bits per heavy atom. The third-order valence-electron chi connectivity index (χ3n) is 6.01. The van der Waals surface area contributed by atoms with Crippen LogP contribution in [0.1, 0.15) is 22.5 Å². The van der Waals surface area contributed by atoms with E-state index in [0.29, 0.717) is 21.4 Å². The molecular weight excluding hydrogens is 495 g/mol. The van der Waals surface area contributed by atoms with E-state index in [-0.39, 0.29) is 5.91 Å². The third-order valence-corrected chi connectivity index (χ3v) is 6.98. The molecule has 0 atom stereocenters. The van der Waals surface area contributed by atoms with E-state index >= 15 is 0 Å². The Morgan fingerprint density at radius 1 is 0.838 bits per heavy atom. The van der Waals surface area contributed by atoms with Crippen LogP contribution in [0.2, 0.25) is 0 Å². The van der Waals surface area contributed by atoms with E-state index in [2.05, 4.69) is 0 Å². The van der Waals surface area contributed by atoms with Gasteiger partial charge in [0.05, 0.1) is 21.8 Å². The van der Waals surface area contributed by atoms with Crippen LogP contribution in [0.25, 0.3) is 11.8 Å². The smallest absolute Gasteiger partial charge is 0.318 e. The molecule has 1 aromatic heterocycles. The molecule has 0 aliphatic carbocycles. The lowest BCUT2D eigenvalue weighted by Gasteiger charge is -2.15. The van der Waals surface area contributed by atoms with Crippen molar-refractivity contribution in [2.24, 2.45) is 4.99 Å². The molecule has 1 amide bonds. The van der Waals surface area contributed by atoms with Crippen LogP contribution in [-0.2, 0) is 11.0 Å². The number of amides is 1. The van der Waals surface area contributed by atoms with Crippen molar-refractivity contribution in [1.82, 2.24) is 4.57 Å². The zero-order valence-corrected chi connectivity index (χ0v) is 20.8. The Bertz CT molecular complexity index is 1510. The van der Waals surface area contributed by atoms with Gasteiger partial charge in [0.15, 0.2) is 5.17 Å². The number of aryl methyl sites for hydroxylation is 1. The summed E-state index contributed by atoms with van der Waals surface area (Å²) in [5.41, 5.74) is 3.85. The van der Waals surface area contributed by atoms with Gasteiger partial charge in [-0.25, -0.2) is 4.99 Å². The predicted octanol–water partition coefficient (Wildman–Crippen LogP) is 7.92. The molecule has 4 aromatic rings. The molecule has 1 fully saturated rings. The topological polar surface area (TPSA) is 37.6 Å². The highest BCUT2D eigenvalue weighted by molar-refractivity contribution is 8.19. The van der Waals surface area contributed by atoms with E-state index in [9.17, 15) is 18.0 Å². The molecule has 3 aromatic carbocycles. The minimum Gasteiger partial charge on any atom is -0.318 e. The van der Waals surface area contributed by atoms with Crippen LogP contribution in [0.3, 0.4) is 0 Å². The van der Waals surface area contributed by atoms with Crippen LogP contribution >= 0.6 is 11.8 Å². The quantitative estimate of drug-likeness (QED) is 0.258. The van der Waals surface area contributed by atoms with Crippen molar-refractivity contribution in [1.29, 1.82) is 0 Å². The molecule has 5 rings (SSSR count). The SMILES string of the molecule is Cc1cc(/C=C2\SC(=Nc3ccccc3)N(c3ccccc3)C2=O)c(C)n1-c1ccc(C(F)(F)F)cc1. The number of carbonyl (C=O) groups is 1. The summed E-state index contributed by atoms with van der Waals surface area (Å²) >= 11 is 1.29. The number of nitrogens with zero attached hydrogens (tertiary/aromatic N) is 3. The highest BCUT2D eigenvalue weighted by atomic mass is 32.2. The zero-order valence-electron chi connectivity index (χ0n) is 20.0. The maximum atomic E-state index is 13.6. The molecule has 0 unspecified atom stereocenters. The van der Waals surface area contributed by atoms with E-state index in [4.69, 9.17) is 4.99 Å². The van der Waals surface area contributed by atoms with Crippen molar-refractivity contribution in [3.63, 3.8) is 0 Å². The van der Waals surface area contributed by atoms with Gasteiger partial charge in [-0.2, -0.15) is 13.2 Å². The van der Waals surface area contributed by atoms with Gasteiger partial charge < -0.3 is 4.57 Å². The van der Waals surface area contributed by atoms with Gasteiger partial charge in [0, 0.05) is 17.1 Å². The molecule has 37 heavy (non-hydrogen) atoms. The molecule has 0 spiro atoms. The predicted molar refractivity (Wildman–Crippen MR) is 143 cm³/mol. The van der Waals surface area contributed by atoms with Crippen LogP contribution in [0.5, 0.6) is 0 Å². The number of aliphatic imine (C=N–C) groups is 1. The summed E-state index contributed by atoms with van der Waals surface area (Å²) in [7, 11) is 0. The highest BCUT2D eigenvalue weighted by Crippen LogP contribution is 2.38. The fourth-order valence-corrected chi connectivity index (χ4v) is 5.23. The zero-order chi connectivity index (χ0) is 26.2. The first-order chi connectivity index (χ1) is 17.7. The van der Waals surface area contributed by atoms with Gasteiger partial charge in [-0.1, -0.05) is 36.4 Å². The van der Waals surface area contributed by atoms with Gasteiger partial charge in [0.2, 0.25) is 0 Å². The second-order valence-electron chi connectivity index (χ2n) is 8.52. The molecule has 2 heterocycles. The number of rotatable bonds is 4. The van der Waals surface area contributed by atoms with Gasteiger partial charge in [0.1, 0.15) is 0 Å². The standard InChI is InChI=1S/C29H22F3N3OS/c1-19-17-21(20(2)34(19)25-15-13-22(14-16-25)29(30,31)32)18-26-27(36)35(24-11-7-4-8-12-24)28(37-26)33-23-9-5-3-6-10-23/h3-18H,1-2H3/b26-18-,33-28?. The van der Waals surface area contributed by atoms with Gasteiger partial charge in [0.25, 0.3) is 5.91 Å². The Morgan fingerprint density at radius 3 is 2.08 bits per heavy atom. The van der Waals surface area contributed by atoms with Gasteiger partial charge in [-0.05, 0) is 91.8 Å². The molecule has 0 bridgehead atoms. The maximum absolute atomic E-state index is 13.6. The molecule has 8 heteroatoms. The van der Waals surface area contributed by atoms with Gasteiger partial charge in [-0.15, -0.1) is 0 Å². The van der Waals surface area contributed by atoms with Crippen LogP contribution in [0.4, 0.5) is 24.5 Å². The lowest BCUT2D eigenvalue weighted by molar-refractivity contribution is -0.137. The molecule has 0 radical (unpaired) electrons. The molecule has 1 aliphatic heterocycles. The lowest BCUT2D eigenvalue weighted by Crippen LogP contribution is -2.28. The van der Waals surface area contributed by atoms with Crippen LogP contribution in [-0.4, -0.2) is 15.6 Å². The number of amidine groups is 1. The van der Waals surface area contributed by atoms with E-state index < -0.39 is 11.7 Å². The number of hydrogen-bond acceptors (Lipinski definition) is 3. The lowest BCUT2D eigenvalue weighted by atomic mass is 10.2. The minimum atomic E-state index is -4.39. The summed E-state index contributed by atoms with van der Waals surface area (Å²) in [5.74, 6) is -0.190.